The maximum absolute atomic E-state index is 10.5. The van der Waals surface area contributed by atoms with Gasteiger partial charge < -0.3 is 16.8 Å². The normalized spacial score (nSPS) is 9.43. The van der Waals surface area contributed by atoms with Crippen LogP contribution in [-0.4, -0.2) is 22.4 Å². The SMILES string of the molecule is NC(=O)CNc1ccnc(C(N)=S)c1. The van der Waals surface area contributed by atoms with E-state index < -0.39 is 5.91 Å². The number of nitrogens with zero attached hydrogens (tertiary/aromatic N) is 1. The Morgan fingerprint density at radius 1 is 1.57 bits per heavy atom. The highest BCUT2D eigenvalue weighted by Gasteiger charge is 2.00. The molecule has 0 aromatic carbocycles. The van der Waals surface area contributed by atoms with Gasteiger partial charge in [0.25, 0.3) is 0 Å². The van der Waals surface area contributed by atoms with Gasteiger partial charge in [-0.1, -0.05) is 12.2 Å². The Kier molecular flexibility index (Phi) is 3.35. The summed E-state index contributed by atoms with van der Waals surface area (Å²) in [6.45, 7) is 0.0702. The number of rotatable bonds is 4. The topological polar surface area (TPSA) is 94.0 Å². The van der Waals surface area contributed by atoms with Gasteiger partial charge in [-0.2, -0.15) is 0 Å². The zero-order valence-corrected chi connectivity index (χ0v) is 8.17. The fraction of sp³-hybridized carbons (Fsp3) is 0.125. The molecule has 74 valence electrons. The Labute approximate surface area is 86.5 Å². The number of carbonyl (C=O) groups excluding carboxylic acids is 1. The van der Waals surface area contributed by atoms with Crippen molar-refractivity contribution < 1.29 is 4.79 Å². The highest BCUT2D eigenvalue weighted by molar-refractivity contribution is 7.80. The Balaban J connectivity index is 2.73. The molecule has 0 unspecified atom stereocenters. The van der Waals surface area contributed by atoms with E-state index in [0.717, 1.165) is 0 Å². The lowest BCUT2D eigenvalue weighted by molar-refractivity contribution is -0.116. The van der Waals surface area contributed by atoms with Gasteiger partial charge in [-0.3, -0.25) is 9.78 Å². The van der Waals surface area contributed by atoms with Crippen molar-refractivity contribution in [1.82, 2.24) is 4.98 Å². The third-order valence-corrected chi connectivity index (χ3v) is 1.69. The van der Waals surface area contributed by atoms with E-state index in [2.05, 4.69) is 10.3 Å². The van der Waals surface area contributed by atoms with Crippen LogP contribution < -0.4 is 16.8 Å². The van der Waals surface area contributed by atoms with Crippen molar-refractivity contribution in [2.24, 2.45) is 11.5 Å². The second-order valence-corrected chi connectivity index (χ2v) is 3.05. The number of nitrogens with one attached hydrogen (secondary N) is 1. The predicted molar refractivity (Wildman–Crippen MR) is 57.8 cm³/mol. The summed E-state index contributed by atoms with van der Waals surface area (Å²) in [6, 6.07) is 3.36. The van der Waals surface area contributed by atoms with Gasteiger partial charge in [-0.25, -0.2) is 0 Å². The van der Waals surface area contributed by atoms with Gasteiger partial charge in [0.15, 0.2) is 0 Å². The van der Waals surface area contributed by atoms with E-state index in [-0.39, 0.29) is 11.5 Å². The average Bonchev–Trinajstić information content (AvgIpc) is 2.15. The molecule has 14 heavy (non-hydrogen) atoms. The van der Waals surface area contributed by atoms with Crippen LogP contribution in [0.2, 0.25) is 0 Å². The maximum Gasteiger partial charge on any atom is 0.236 e. The number of primary amides is 1. The molecular weight excluding hydrogens is 200 g/mol. The monoisotopic (exact) mass is 210 g/mol. The van der Waals surface area contributed by atoms with E-state index in [9.17, 15) is 4.79 Å². The second-order valence-electron chi connectivity index (χ2n) is 2.61. The minimum Gasteiger partial charge on any atom is -0.388 e. The van der Waals surface area contributed by atoms with Crippen LogP contribution >= 0.6 is 12.2 Å². The quantitative estimate of drug-likeness (QED) is 0.588. The molecule has 5 N–H and O–H groups in total. The minimum absolute atomic E-state index is 0.0702. The minimum atomic E-state index is -0.432. The number of aromatic nitrogens is 1. The number of thiocarbonyl (C=S) groups is 1. The smallest absolute Gasteiger partial charge is 0.236 e. The lowest BCUT2D eigenvalue weighted by Gasteiger charge is -2.04. The number of amides is 1. The summed E-state index contributed by atoms with van der Waals surface area (Å²) >= 11 is 4.75. The van der Waals surface area contributed by atoms with Crippen LogP contribution in [0.5, 0.6) is 0 Å². The summed E-state index contributed by atoms with van der Waals surface area (Å²) in [5.41, 5.74) is 11.6. The van der Waals surface area contributed by atoms with Crippen molar-refractivity contribution in [2.45, 2.75) is 0 Å². The molecule has 1 aromatic heterocycles. The number of pyridine rings is 1. The van der Waals surface area contributed by atoms with Gasteiger partial charge in [0.05, 0.1) is 12.2 Å². The van der Waals surface area contributed by atoms with Crippen molar-refractivity contribution in [3.05, 3.63) is 24.0 Å². The van der Waals surface area contributed by atoms with Crippen LogP contribution in [0.4, 0.5) is 5.69 Å². The molecule has 0 atom stereocenters. The Hall–Kier alpha value is -1.69. The van der Waals surface area contributed by atoms with Crippen molar-refractivity contribution >= 4 is 28.8 Å². The fourth-order valence-corrected chi connectivity index (χ4v) is 0.976. The molecule has 1 amide bonds. The van der Waals surface area contributed by atoms with Crippen LogP contribution in [0, 0.1) is 0 Å². The summed E-state index contributed by atoms with van der Waals surface area (Å²) in [5, 5.41) is 2.81. The van der Waals surface area contributed by atoms with Crippen LogP contribution in [0.1, 0.15) is 5.69 Å². The van der Waals surface area contributed by atoms with Crippen molar-refractivity contribution in [1.29, 1.82) is 0 Å². The third-order valence-electron chi connectivity index (χ3n) is 1.48. The molecule has 5 nitrogen and oxygen atoms in total. The van der Waals surface area contributed by atoms with Crippen LogP contribution in [0.3, 0.4) is 0 Å². The molecule has 0 aliphatic rings. The van der Waals surface area contributed by atoms with Crippen LogP contribution in [-0.2, 0) is 4.79 Å². The Morgan fingerprint density at radius 2 is 2.29 bits per heavy atom. The third kappa shape index (κ3) is 2.98. The van der Waals surface area contributed by atoms with Crippen molar-refractivity contribution in [2.75, 3.05) is 11.9 Å². The molecule has 0 aliphatic carbocycles. The lowest BCUT2D eigenvalue weighted by Crippen LogP contribution is -2.22. The summed E-state index contributed by atoms with van der Waals surface area (Å²) < 4.78 is 0. The first-order chi connectivity index (χ1) is 6.59. The second kappa shape index (κ2) is 4.52. The van der Waals surface area contributed by atoms with E-state index in [0.29, 0.717) is 11.4 Å². The van der Waals surface area contributed by atoms with Crippen LogP contribution in [0.15, 0.2) is 18.3 Å². The highest BCUT2D eigenvalue weighted by atomic mass is 32.1. The van der Waals surface area contributed by atoms with Gasteiger partial charge in [-0.15, -0.1) is 0 Å². The van der Waals surface area contributed by atoms with E-state index in [4.69, 9.17) is 23.7 Å². The maximum atomic E-state index is 10.5. The molecule has 0 aliphatic heterocycles. The van der Waals surface area contributed by atoms with Crippen molar-refractivity contribution in [3.63, 3.8) is 0 Å². The molecule has 0 saturated carbocycles. The zero-order valence-electron chi connectivity index (χ0n) is 7.36. The number of carbonyl (C=O) groups is 1. The van der Waals surface area contributed by atoms with E-state index in [1.54, 1.807) is 18.3 Å². The number of nitrogens with two attached hydrogens (primary N) is 2. The molecule has 6 heteroatoms. The average molecular weight is 210 g/mol. The van der Waals surface area contributed by atoms with Gasteiger partial charge in [0.2, 0.25) is 5.91 Å². The van der Waals surface area contributed by atoms with Gasteiger partial charge in [0, 0.05) is 11.9 Å². The van der Waals surface area contributed by atoms with E-state index in [1.807, 2.05) is 0 Å². The Morgan fingerprint density at radius 3 is 2.86 bits per heavy atom. The standard InChI is InChI=1S/C8H10N4OS/c9-7(13)4-12-5-1-2-11-6(3-5)8(10)14/h1-3H,4H2,(H2,9,13)(H2,10,14)(H,11,12). The molecule has 0 saturated heterocycles. The molecule has 1 aromatic rings. The van der Waals surface area contributed by atoms with Gasteiger partial charge in [-0.05, 0) is 12.1 Å². The Bertz CT molecular complexity index is 366. The molecule has 0 radical (unpaired) electrons. The largest absolute Gasteiger partial charge is 0.388 e. The van der Waals surface area contributed by atoms with E-state index in [1.165, 1.54) is 0 Å². The van der Waals surface area contributed by atoms with E-state index >= 15 is 0 Å². The summed E-state index contributed by atoms with van der Waals surface area (Å²) in [5.74, 6) is -0.432. The van der Waals surface area contributed by atoms with Gasteiger partial charge >= 0.3 is 0 Å². The molecule has 0 bridgehead atoms. The predicted octanol–water partition coefficient (Wildman–Crippen LogP) is -0.387. The first-order valence-corrected chi connectivity index (χ1v) is 4.28. The fourth-order valence-electron chi connectivity index (χ4n) is 0.864. The van der Waals surface area contributed by atoms with Crippen LogP contribution in [0.25, 0.3) is 0 Å². The molecule has 0 spiro atoms. The molecule has 0 fully saturated rings. The highest BCUT2D eigenvalue weighted by Crippen LogP contribution is 2.06. The molecule has 1 rings (SSSR count). The number of hydrogen-bond donors (Lipinski definition) is 3. The lowest BCUT2D eigenvalue weighted by atomic mass is 10.3. The summed E-state index contributed by atoms with van der Waals surface area (Å²) in [7, 11) is 0. The summed E-state index contributed by atoms with van der Waals surface area (Å²) in [4.78, 5) is 14.6. The molecule has 1 heterocycles. The number of anilines is 1. The number of hydrogen-bond acceptors (Lipinski definition) is 4. The zero-order chi connectivity index (χ0) is 10.6. The van der Waals surface area contributed by atoms with Gasteiger partial charge in [0.1, 0.15) is 4.99 Å². The van der Waals surface area contributed by atoms with Crippen molar-refractivity contribution in [3.8, 4) is 0 Å². The summed E-state index contributed by atoms with van der Waals surface area (Å²) in [6.07, 6.45) is 1.55. The first-order valence-electron chi connectivity index (χ1n) is 3.87. The molecular formula is C8H10N4OS. The first kappa shape index (κ1) is 10.4.